The number of fused-ring (bicyclic) bond motifs is 1. The summed E-state index contributed by atoms with van der Waals surface area (Å²) >= 11 is 0. The van der Waals surface area contributed by atoms with Gasteiger partial charge in [-0.1, -0.05) is 18.2 Å². The second-order valence-corrected chi connectivity index (χ2v) is 5.44. The van der Waals surface area contributed by atoms with E-state index in [2.05, 4.69) is 12.1 Å². The maximum absolute atomic E-state index is 10.0. The highest BCUT2D eigenvalue weighted by molar-refractivity contribution is 5.83. The number of allylic oxidation sites excluding steroid dienone is 1. The van der Waals surface area contributed by atoms with Crippen molar-refractivity contribution in [1.82, 2.24) is 0 Å². The lowest BCUT2D eigenvalue weighted by molar-refractivity contribution is 0.470. The first-order valence-corrected chi connectivity index (χ1v) is 6.89. The van der Waals surface area contributed by atoms with Crippen molar-refractivity contribution in [2.75, 3.05) is 0 Å². The highest BCUT2D eigenvalue weighted by Gasteiger charge is 2.16. The number of aromatic hydroxyl groups is 2. The second-order valence-electron chi connectivity index (χ2n) is 5.44. The molecule has 2 nitrogen and oxygen atoms in total. The molecule has 0 bridgehead atoms. The fourth-order valence-corrected chi connectivity index (χ4v) is 2.80. The van der Waals surface area contributed by atoms with Gasteiger partial charge in [0.1, 0.15) is 11.5 Å². The van der Waals surface area contributed by atoms with Crippen LogP contribution < -0.4 is 0 Å². The molecule has 0 spiro atoms. The summed E-state index contributed by atoms with van der Waals surface area (Å²) < 4.78 is 0. The first kappa shape index (κ1) is 12.8. The first-order chi connectivity index (χ1) is 9.56. The molecule has 0 aromatic heterocycles. The number of phenolic OH excluding ortho intramolecular Hbond substituents is 2. The van der Waals surface area contributed by atoms with E-state index in [1.807, 2.05) is 32.0 Å². The lowest BCUT2D eigenvalue weighted by atomic mass is 9.86. The van der Waals surface area contributed by atoms with E-state index in [-0.39, 0.29) is 0 Å². The zero-order chi connectivity index (χ0) is 14.3. The molecular weight excluding hydrogens is 248 g/mol. The summed E-state index contributed by atoms with van der Waals surface area (Å²) in [4.78, 5) is 0. The quantitative estimate of drug-likeness (QED) is 0.816. The van der Waals surface area contributed by atoms with Crippen molar-refractivity contribution in [3.63, 3.8) is 0 Å². The summed E-state index contributed by atoms with van der Waals surface area (Å²) in [7, 11) is 0. The SMILES string of the molecule is Cc1cc(C2=CCCc3cc(O)ccc32)cc(O)c1C. The van der Waals surface area contributed by atoms with Crippen LogP contribution in [0.4, 0.5) is 0 Å². The predicted octanol–water partition coefficient (Wildman–Crippen LogP) is 4.09. The minimum absolute atomic E-state index is 0.313. The summed E-state index contributed by atoms with van der Waals surface area (Å²) in [6.45, 7) is 3.94. The van der Waals surface area contributed by atoms with E-state index in [1.165, 1.54) is 5.56 Å². The smallest absolute Gasteiger partial charge is 0.119 e. The van der Waals surface area contributed by atoms with Crippen molar-refractivity contribution < 1.29 is 10.2 Å². The van der Waals surface area contributed by atoms with Gasteiger partial charge in [0.25, 0.3) is 0 Å². The Balaban J connectivity index is 2.15. The number of benzene rings is 2. The Morgan fingerprint density at radius 3 is 2.55 bits per heavy atom. The first-order valence-electron chi connectivity index (χ1n) is 6.89. The van der Waals surface area contributed by atoms with E-state index in [0.29, 0.717) is 11.5 Å². The Labute approximate surface area is 119 Å². The molecule has 0 unspecified atom stereocenters. The summed E-state index contributed by atoms with van der Waals surface area (Å²) in [6.07, 6.45) is 4.12. The normalized spacial score (nSPS) is 13.8. The average Bonchev–Trinajstić information content (AvgIpc) is 2.43. The molecule has 0 fully saturated rings. The van der Waals surface area contributed by atoms with Crippen LogP contribution in [0.2, 0.25) is 0 Å². The predicted molar refractivity (Wildman–Crippen MR) is 81.1 cm³/mol. The van der Waals surface area contributed by atoms with Gasteiger partial charge < -0.3 is 10.2 Å². The van der Waals surface area contributed by atoms with E-state index in [9.17, 15) is 10.2 Å². The van der Waals surface area contributed by atoms with Crippen LogP contribution in [0, 0.1) is 13.8 Å². The molecule has 2 aromatic carbocycles. The van der Waals surface area contributed by atoms with Gasteiger partial charge in [0.05, 0.1) is 0 Å². The van der Waals surface area contributed by atoms with Crippen LogP contribution in [0.3, 0.4) is 0 Å². The van der Waals surface area contributed by atoms with Crippen LogP contribution in [-0.2, 0) is 6.42 Å². The monoisotopic (exact) mass is 266 g/mol. The van der Waals surface area contributed by atoms with Crippen molar-refractivity contribution in [3.05, 3.63) is 64.2 Å². The molecule has 0 radical (unpaired) electrons. The number of phenols is 2. The molecule has 0 aliphatic heterocycles. The standard InChI is InChI=1S/C18H18O2/c1-11-8-14(10-18(20)12(11)2)16-5-3-4-13-9-15(19)6-7-17(13)16/h5-10,19-20H,3-4H2,1-2H3. The molecule has 2 aromatic rings. The Bertz CT molecular complexity index is 688. The van der Waals surface area contributed by atoms with Crippen molar-refractivity contribution in [1.29, 1.82) is 0 Å². The topological polar surface area (TPSA) is 40.5 Å². The Kier molecular flexibility index (Phi) is 3.01. The van der Waals surface area contributed by atoms with E-state index in [1.54, 1.807) is 6.07 Å². The van der Waals surface area contributed by atoms with Crippen LogP contribution in [0.25, 0.3) is 5.57 Å². The van der Waals surface area contributed by atoms with Crippen molar-refractivity contribution in [2.45, 2.75) is 26.7 Å². The largest absolute Gasteiger partial charge is 0.508 e. The summed E-state index contributed by atoms with van der Waals surface area (Å²) in [5.74, 6) is 0.653. The van der Waals surface area contributed by atoms with Gasteiger partial charge in [-0.15, -0.1) is 0 Å². The van der Waals surface area contributed by atoms with Gasteiger partial charge in [-0.3, -0.25) is 0 Å². The van der Waals surface area contributed by atoms with E-state index < -0.39 is 0 Å². The summed E-state index contributed by atoms with van der Waals surface area (Å²) in [5, 5.41) is 19.6. The van der Waals surface area contributed by atoms with E-state index in [0.717, 1.165) is 40.7 Å². The van der Waals surface area contributed by atoms with Crippen LogP contribution in [0.15, 0.2) is 36.4 Å². The van der Waals surface area contributed by atoms with Crippen molar-refractivity contribution >= 4 is 5.57 Å². The minimum atomic E-state index is 0.313. The third-order valence-corrected chi connectivity index (χ3v) is 4.09. The van der Waals surface area contributed by atoms with Crippen LogP contribution in [0.5, 0.6) is 11.5 Å². The summed E-state index contributed by atoms with van der Waals surface area (Å²) in [5.41, 5.74) is 6.52. The molecule has 2 heteroatoms. The fourth-order valence-electron chi connectivity index (χ4n) is 2.80. The maximum atomic E-state index is 10.0. The van der Waals surface area contributed by atoms with Crippen molar-refractivity contribution in [3.8, 4) is 11.5 Å². The number of aryl methyl sites for hydroxylation is 2. The third-order valence-electron chi connectivity index (χ3n) is 4.09. The molecule has 102 valence electrons. The van der Waals surface area contributed by atoms with Gasteiger partial charge in [-0.25, -0.2) is 0 Å². The third kappa shape index (κ3) is 2.07. The molecule has 0 amide bonds. The highest BCUT2D eigenvalue weighted by Crippen LogP contribution is 2.36. The van der Waals surface area contributed by atoms with Gasteiger partial charge in [-0.2, -0.15) is 0 Å². The summed E-state index contributed by atoms with van der Waals surface area (Å²) in [6, 6.07) is 9.46. The van der Waals surface area contributed by atoms with Gasteiger partial charge in [-0.05, 0) is 78.3 Å². The second kappa shape index (κ2) is 4.71. The van der Waals surface area contributed by atoms with Crippen molar-refractivity contribution in [2.24, 2.45) is 0 Å². The Morgan fingerprint density at radius 2 is 1.80 bits per heavy atom. The van der Waals surface area contributed by atoms with Crippen LogP contribution in [-0.4, -0.2) is 10.2 Å². The molecule has 1 aliphatic carbocycles. The molecule has 1 aliphatic rings. The van der Waals surface area contributed by atoms with Crippen LogP contribution >= 0.6 is 0 Å². The van der Waals surface area contributed by atoms with Gasteiger partial charge in [0.2, 0.25) is 0 Å². The molecule has 0 heterocycles. The lowest BCUT2D eigenvalue weighted by Crippen LogP contribution is -2.01. The molecule has 2 N–H and O–H groups in total. The van der Waals surface area contributed by atoms with Gasteiger partial charge in [0.15, 0.2) is 0 Å². The van der Waals surface area contributed by atoms with E-state index in [4.69, 9.17) is 0 Å². The lowest BCUT2D eigenvalue weighted by Gasteiger charge is -2.19. The molecule has 3 rings (SSSR count). The zero-order valence-electron chi connectivity index (χ0n) is 11.8. The highest BCUT2D eigenvalue weighted by atomic mass is 16.3. The maximum Gasteiger partial charge on any atom is 0.119 e. The number of hydrogen-bond donors (Lipinski definition) is 2. The fraction of sp³-hybridized carbons (Fsp3) is 0.222. The Hall–Kier alpha value is -2.22. The molecule has 0 atom stereocenters. The zero-order valence-corrected chi connectivity index (χ0v) is 11.8. The molecule has 20 heavy (non-hydrogen) atoms. The van der Waals surface area contributed by atoms with Crippen LogP contribution in [0.1, 0.15) is 34.2 Å². The average molecular weight is 266 g/mol. The minimum Gasteiger partial charge on any atom is -0.508 e. The molecular formula is C18H18O2. The number of hydrogen-bond acceptors (Lipinski definition) is 2. The van der Waals surface area contributed by atoms with E-state index >= 15 is 0 Å². The molecule has 0 saturated carbocycles. The van der Waals surface area contributed by atoms with Gasteiger partial charge in [0, 0.05) is 0 Å². The molecule has 0 saturated heterocycles. The number of rotatable bonds is 1. The van der Waals surface area contributed by atoms with Gasteiger partial charge >= 0.3 is 0 Å². The Morgan fingerprint density at radius 1 is 1.00 bits per heavy atom.